The Morgan fingerprint density at radius 3 is 2.63 bits per heavy atom. The van der Waals surface area contributed by atoms with Crippen LogP contribution in [-0.4, -0.2) is 44.3 Å². The lowest BCUT2D eigenvalue weighted by Crippen LogP contribution is -2.31. The quantitative estimate of drug-likeness (QED) is 0.424. The van der Waals surface area contributed by atoms with Gasteiger partial charge in [-0.25, -0.2) is 13.2 Å². The van der Waals surface area contributed by atoms with Gasteiger partial charge in [-0.3, -0.25) is 14.6 Å². The minimum Gasteiger partial charge on any atom is -0.350 e. The molecule has 0 radical (unpaired) electrons. The van der Waals surface area contributed by atoms with Crippen molar-refractivity contribution in [2.45, 2.75) is 13.3 Å². The summed E-state index contributed by atoms with van der Waals surface area (Å²) in [7, 11) is 1.97. The molecule has 1 saturated heterocycles. The average molecular weight is 481 g/mol. The first kappa shape index (κ1) is 22.7. The van der Waals surface area contributed by atoms with Crippen molar-refractivity contribution in [3.05, 3.63) is 71.6 Å². The molecule has 0 aliphatic carbocycles. The number of carbonyl (C=O) groups excluding carboxylic acids is 2. The van der Waals surface area contributed by atoms with Gasteiger partial charge in [0.05, 0.1) is 11.4 Å². The topological polar surface area (TPSA) is 83.0 Å². The molecule has 1 aromatic carbocycles. The van der Waals surface area contributed by atoms with Crippen molar-refractivity contribution in [3.63, 3.8) is 0 Å². The molecular formula is C25H22F3N5O2. The van der Waals surface area contributed by atoms with Gasteiger partial charge >= 0.3 is 0 Å². The van der Waals surface area contributed by atoms with E-state index in [1.165, 1.54) is 0 Å². The predicted octanol–water partition coefficient (Wildman–Crippen LogP) is 4.39. The molecule has 2 amide bonds. The molecule has 2 N–H and O–H groups in total. The van der Waals surface area contributed by atoms with E-state index in [0.29, 0.717) is 18.7 Å². The Labute approximate surface area is 198 Å². The van der Waals surface area contributed by atoms with Crippen LogP contribution in [0.4, 0.5) is 18.9 Å². The van der Waals surface area contributed by atoms with E-state index in [4.69, 9.17) is 0 Å². The number of aromatic nitrogens is 3. The summed E-state index contributed by atoms with van der Waals surface area (Å²) in [5, 5.41) is 3.38. The highest BCUT2D eigenvalue weighted by Crippen LogP contribution is 2.33. The number of halogens is 3. The first-order valence-electron chi connectivity index (χ1n) is 11.1. The van der Waals surface area contributed by atoms with E-state index in [-0.39, 0.29) is 18.1 Å². The van der Waals surface area contributed by atoms with Gasteiger partial charge < -0.3 is 19.8 Å². The molecule has 7 nitrogen and oxygen atoms in total. The largest absolute Gasteiger partial charge is 0.350 e. The number of nitrogens with one attached hydrogen (secondary N) is 2. The lowest BCUT2D eigenvalue weighted by Gasteiger charge is -2.16. The number of H-pyrrole nitrogens is 1. The van der Waals surface area contributed by atoms with Crippen LogP contribution in [0.3, 0.4) is 0 Å². The molecule has 0 saturated carbocycles. The second-order valence-corrected chi connectivity index (χ2v) is 8.68. The molecule has 5 rings (SSSR count). The molecule has 180 valence electrons. The number of nitrogens with zero attached hydrogens (tertiary/aromatic N) is 3. The Kier molecular flexibility index (Phi) is 5.58. The van der Waals surface area contributed by atoms with Gasteiger partial charge in [0, 0.05) is 72.7 Å². The van der Waals surface area contributed by atoms with Crippen LogP contribution in [0, 0.1) is 30.3 Å². The molecule has 0 bridgehead atoms. The molecule has 4 heterocycles. The van der Waals surface area contributed by atoms with Gasteiger partial charge in [-0.2, -0.15) is 0 Å². The van der Waals surface area contributed by atoms with Crippen molar-refractivity contribution >= 4 is 28.4 Å². The molecule has 10 heteroatoms. The number of amides is 2. The summed E-state index contributed by atoms with van der Waals surface area (Å²) < 4.78 is 42.1. The SMILES string of the molecule is Cc1c(-c2ccc(C(=O)N3CC[C@H](C(=O)Nc4cc(F)c(F)c(F)c4)C3)[nH]2)c2cnccc2n1C. The van der Waals surface area contributed by atoms with Crippen LogP contribution >= 0.6 is 0 Å². The van der Waals surface area contributed by atoms with Crippen LogP contribution in [0.15, 0.2) is 42.7 Å². The molecule has 4 aromatic rings. The number of aromatic amines is 1. The van der Waals surface area contributed by atoms with Crippen LogP contribution < -0.4 is 5.32 Å². The number of aryl methyl sites for hydroxylation is 1. The van der Waals surface area contributed by atoms with E-state index in [1.54, 1.807) is 23.4 Å². The summed E-state index contributed by atoms with van der Waals surface area (Å²) in [6.45, 7) is 2.51. The van der Waals surface area contributed by atoms with E-state index in [1.807, 2.05) is 26.1 Å². The number of hydrogen-bond acceptors (Lipinski definition) is 3. The zero-order valence-electron chi connectivity index (χ0n) is 19.0. The van der Waals surface area contributed by atoms with E-state index >= 15 is 0 Å². The van der Waals surface area contributed by atoms with Gasteiger partial charge in [0.2, 0.25) is 5.91 Å². The van der Waals surface area contributed by atoms with Crippen LogP contribution in [0.2, 0.25) is 0 Å². The Morgan fingerprint density at radius 1 is 1.14 bits per heavy atom. The Balaban J connectivity index is 1.30. The number of benzene rings is 1. The molecule has 3 aromatic heterocycles. The monoisotopic (exact) mass is 481 g/mol. The van der Waals surface area contributed by atoms with Gasteiger partial charge in [-0.1, -0.05) is 0 Å². The molecular weight excluding hydrogens is 459 g/mol. The highest BCUT2D eigenvalue weighted by molar-refractivity contribution is 5.99. The maximum Gasteiger partial charge on any atom is 0.270 e. The minimum atomic E-state index is -1.60. The molecule has 1 aliphatic heterocycles. The fraction of sp³-hybridized carbons (Fsp3) is 0.240. The third-order valence-corrected chi connectivity index (χ3v) is 6.58. The fourth-order valence-corrected chi connectivity index (χ4v) is 4.62. The number of carbonyl (C=O) groups is 2. The van der Waals surface area contributed by atoms with Gasteiger partial charge in [-0.15, -0.1) is 0 Å². The zero-order valence-corrected chi connectivity index (χ0v) is 19.0. The number of pyridine rings is 1. The first-order valence-corrected chi connectivity index (χ1v) is 11.1. The lowest BCUT2D eigenvalue weighted by atomic mass is 10.1. The van der Waals surface area contributed by atoms with Crippen LogP contribution in [-0.2, 0) is 11.8 Å². The normalized spacial score (nSPS) is 15.7. The highest BCUT2D eigenvalue weighted by atomic mass is 19.2. The van der Waals surface area contributed by atoms with Crippen molar-refractivity contribution < 1.29 is 22.8 Å². The maximum atomic E-state index is 13.4. The van der Waals surface area contributed by atoms with Gasteiger partial charge in [0.1, 0.15) is 5.69 Å². The van der Waals surface area contributed by atoms with Gasteiger partial charge in [0.15, 0.2) is 17.5 Å². The zero-order chi connectivity index (χ0) is 24.9. The molecule has 35 heavy (non-hydrogen) atoms. The van der Waals surface area contributed by atoms with Crippen molar-refractivity contribution in [3.8, 4) is 11.3 Å². The summed E-state index contributed by atoms with van der Waals surface area (Å²) in [4.78, 5) is 34.7. The Morgan fingerprint density at radius 2 is 1.89 bits per heavy atom. The van der Waals surface area contributed by atoms with Gasteiger partial charge in [0.25, 0.3) is 5.91 Å². The standard InChI is InChI=1S/C25H22F3N5O2/c1-13-22(16-11-29-7-5-21(16)32(13)2)19-3-4-20(31-19)25(35)33-8-6-14(12-33)24(34)30-15-9-17(26)23(28)18(27)10-15/h3-5,7,9-11,14,31H,6,8,12H2,1-2H3,(H,30,34)/t14-/m0/s1. The van der Waals surface area contributed by atoms with Crippen molar-refractivity contribution in [1.82, 2.24) is 19.4 Å². The molecule has 0 spiro atoms. The number of rotatable bonds is 4. The summed E-state index contributed by atoms with van der Waals surface area (Å²) in [5.41, 5.74) is 4.03. The smallest absolute Gasteiger partial charge is 0.270 e. The second-order valence-electron chi connectivity index (χ2n) is 8.68. The summed E-state index contributed by atoms with van der Waals surface area (Å²) >= 11 is 0. The Hall–Kier alpha value is -4.08. The number of anilines is 1. The highest BCUT2D eigenvalue weighted by Gasteiger charge is 2.32. The third-order valence-electron chi connectivity index (χ3n) is 6.58. The number of hydrogen-bond donors (Lipinski definition) is 2. The second kappa shape index (κ2) is 8.61. The van der Waals surface area contributed by atoms with E-state index in [9.17, 15) is 22.8 Å². The molecule has 1 aliphatic rings. The predicted molar refractivity (Wildman–Crippen MR) is 124 cm³/mol. The summed E-state index contributed by atoms with van der Waals surface area (Å²) in [6.07, 6.45) is 3.92. The minimum absolute atomic E-state index is 0.155. The lowest BCUT2D eigenvalue weighted by molar-refractivity contribution is -0.119. The summed E-state index contributed by atoms with van der Waals surface area (Å²) in [6, 6.07) is 6.94. The maximum absolute atomic E-state index is 13.4. The van der Waals surface area contributed by atoms with Crippen LogP contribution in [0.25, 0.3) is 22.2 Å². The average Bonchev–Trinajstić information content (AvgIpc) is 3.57. The van der Waals surface area contributed by atoms with Crippen molar-refractivity contribution in [2.24, 2.45) is 13.0 Å². The third kappa shape index (κ3) is 3.94. The van der Waals surface area contributed by atoms with E-state index < -0.39 is 29.3 Å². The Bertz CT molecular complexity index is 1450. The first-order chi connectivity index (χ1) is 16.7. The van der Waals surface area contributed by atoms with Crippen LogP contribution in [0.5, 0.6) is 0 Å². The number of likely N-dealkylation sites (tertiary alicyclic amines) is 1. The molecule has 1 fully saturated rings. The van der Waals surface area contributed by atoms with E-state index in [2.05, 4.69) is 19.9 Å². The van der Waals surface area contributed by atoms with Crippen molar-refractivity contribution in [1.29, 1.82) is 0 Å². The van der Waals surface area contributed by atoms with Crippen LogP contribution in [0.1, 0.15) is 22.6 Å². The molecule has 1 atom stereocenters. The summed E-state index contributed by atoms with van der Waals surface area (Å²) in [5.74, 6) is -5.67. The van der Waals surface area contributed by atoms with Crippen molar-refractivity contribution in [2.75, 3.05) is 18.4 Å². The molecule has 0 unspecified atom stereocenters. The fourth-order valence-electron chi connectivity index (χ4n) is 4.62. The van der Waals surface area contributed by atoms with E-state index in [0.717, 1.165) is 40.0 Å². The van der Waals surface area contributed by atoms with Gasteiger partial charge in [-0.05, 0) is 31.5 Å². The number of fused-ring (bicyclic) bond motifs is 1.